The van der Waals surface area contributed by atoms with Gasteiger partial charge < -0.3 is 10.7 Å². The van der Waals surface area contributed by atoms with Crippen LogP contribution in [0.4, 0.5) is 13.2 Å². The monoisotopic (exact) mass is 268 g/mol. The predicted octanol–water partition coefficient (Wildman–Crippen LogP) is 3.61. The molecule has 0 bridgehead atoms. The summed E-state index contributed by atoms with van der Waals surface area (Å²) in [6.45, 7) is 0. The first kappa shape index (κ1) is 12.5. The van der Waals surface area contributed by atoms with Gasteiger partial charge in [-0.25, -0.2) is 0 Å². The molecule has 0 unspecified atom stereocenters. The van der Waals surface area contributed by atoms with Crippen molar-refractivity contribution < 1.29 is 13.2 Å². The Morgan fingerprint density at radius 2 is 2.00 bits per heavy atom. The van der Waals surface area contributed by atoms with E-state index in [-0.39, 0.29) is 11.1 Å². The molecule has 0 spiro atoms. The van der Waals surface area contributed by atoms with E-state index in [1.807, 2.05) is 0 Å². The summed E-state index contributed by atoms with van der Waals surface area (Å²) in [7, 11) is 0. The fourth-order valence-electron chi connectivity index (χ4n) is 2.38. The van der Waals surface area contributed by atoms with Gasteiger partial charge in [-0.05, 0) is 37.8 Å². The molecule has 19 heavy (non-hydrogen) atoms. The van der Waals surface area contributed by atoms with Crippen molar-refractivity contribution in [2.45, 2.75) is 37.4 Å². The number of nitrogens with one attached hydrogen (secondary N) is 1. The molecule has 5 heteroatoms. The Bertz CT molecular complexity index is 609. The van der Waals surface area contributed by atoms with E-state index in [9.17, 15) is 13.2 Å². The summed E-state index contributed by atoms with van der Waals surface area (Å²) in [5.41, 5.74) is 6.30. The van der Waals surface area contributed by atoms with Crippen LogP contribution in [0.1, 0.15) is 30.5 Å². The van der Waals surface area contributed by atoms with E-state index < -0.39 is 11.7 Å². The lowest BCUT2D eigenvalue weighted by Gasteiger charge is -2.07. The Morgan fingerprint density at radius 3 is 2.63 bits per heavy atom. The van der Waals surface area contributed by atoms with E-state index in [0.717, 1.165) is 31.0 Å². The summed E-state index contributed by atoms with van der Waals surface area (Å²) in [4.78, 5) is 2.90. The zero-order chi connectivity index (χ0) is 13.7. The fraction of sp³-hybridized carbons (Fsp3) is 0.429. The third-order valence-corrected chi connectivity index (χ3v) is 3.80. The van der Waals surface area contributed by atoms with Crippen molar-refractivity contribution in [1.29, 1.82) is 0 Å². The van der Waals surface area contributed by atoms with Crippen LogP contribution in [0.15, 0.2) is 24.3 Å². The molecule has 1 saturated carbocycles. The molecular formula is C14H15F3N2. The molecule has 102 valence electrons. The second-order valence-electron chi connectivity index (χ2n) is 5.42. The number of hydrogen-bond donors (Lipinski definition) is 2. The van der Waals surface area contributed by atoms with Crippen LogP contribution in [0.5, 0.6) is 0 Å². The van der Waals surface area contributed by atoms with E-state index >= 15 is 0 Å². The number of rotatable bonds is 3. The lowest BCUT2D eigenvalue weighted by Crippen LogP contribution is -2.22. The molecule has 0 amide bonds. The van der Waals surface area contributed by atoms with Gasteiger partial charge in [0, 0.05) is 16.6 Å². The number of nitrogens with two attached hydrogens (primary N) is 1. The molecule has 1 aliphatic rings. The van der Waals surface area contributed by atoms with Crippen LogP contribution < -0.4 is 5.73 Å². The Kier molecular flexibility index (Phi) is 2.64. The van der Waals surface area contributed by atoms with Crippen molar-refractivity contribution in [3.63, 3.8) is 0 Å². The number of aromatic nitrogens is 1. The average Bonchev–Trinajstić information content (AvgIpc) is 2.91. The van der Waals surface area contributed by atoms with E-state index in [4.69, 9.17) is 5.73 Å². The first-order chi connectivity index (χ1) is 8.87. The Morgan fingerprint density at radius 1 is 1.26 bits per heavy atom. The first-order valence-electron chi connectivity index (χ1n) is 6.34. The van der Waals surface area contributed by atoms with E-state index in [2.05, 4.69) is 4.98 Å². The number of halogens is 3. The van der Waals surface area contributed by atoms with Gasteiger partial charge in [-0.2, -0.15) is 13.2 Å². The van der Waals surface area contributed by atoms with Crippen LogP contribution in [0.2, 0.25) is 0 Å². The number of H-pyrrole nitrogens is 1. The van der Waals surface area contributed by atoms with Crippen LogP contribution in [-0.4, -0.2) is 10.5 Å². The van der Waals surface area contributed by atoms with Gasteiger partial charge in [0.05, 0.1) is 11.1 Å². The predicted molar refractivity (Wildman–Crippen MR) is 67.8 cm³/mol. The standard InChI is InChI=1S/C14H15F3N2/c15-14(16,17)11-3-1-2-9-8-10(19-12(9)11)4-5-13(18)6-7-13/h1-3,8,19H,4-7,18H2. The maximum atomic E-state index is 12.9. The number of benzene rings is 1. The van der Waals surface area contributed by atoms with Crippen LogP contribution in [0.25, 0.3) is 10.9 Å². The minimum atomic E-state index is -4.33. The second kappa shape index (κ2) is 4.00. The Labute approximate surface area is 108 Å². The Hall–Kier alpha value is -1.49. The van der Waals surface area contributed by atoms with Crippen LogP contribution in [0.3, 0.4) is 0 Å². The Balaban J connectivity index is 1.91. The van der Waals surface area contributed by atoms with Crippen LogP contribution in [0, 0.1) is 0 Å². The zero-order valence-electron chi connectivity index (χ0n) is 10.3. The third-order valence-electron chi connectivity index (χ3n) is 3.80. The van der Waals surface area contributed by atoms with E-state index in [1.54, 1.807) is 12.1 Å². The van der Waals surface area contributed by atoms with Gasteiger partial charge in [-0.3, -0.25) is 0 Å². The number of fused-ring (bicyclic) bond motifs is 1. The van der Waals surface area contributed by atoms with Gasteiger partial charge in [0.15, 0.2) is 0 Å². The molecule has 3 N–H and O–H groups in total. The molecule has 0 radical (unpaired) electrons. The van der Waals surface area contributed by atoms with E-state index in [0.29, 0.717) is 11.8 Å². The van der Waals surface area contributed by atoms with Gasteiger partial charge in [-0.1, -0.05) is 12.1 Å². The van der Waals surface area contributed by atoms with E-state index in [1.165, 1.54) is 6.07 Å². The van der Waals surface area contributed by atoms with Crippen molar-refractivity contribution in [2.24, 2.45) is 5.73 Å². The van der Waals surface area contributed by atoms with Gasteiger partial charge in [0.25, 0.3) is 0 Å². The fourth-order valence-corrected chi connectivity index (χ4v) is 2.38. The zero-order valence-corrected chi connectivity index (χ0v) is 10.3. The molecule has 3 rings (SSSR count). The summed E-state index contributed by atoms with van der Waals surface area (Å²) < 4.78 is 38.6. The van der Waals surface area contributed by atoms with Gasteiger partial charge in [0.2, 0.25) is 0 Å². The highest BCUT2D eigenvalue weighted by molar-refractivity contribution is 5.84. The highest BCUT2D eigenvalue weighted by Crippen LogP contribution is 2.38. The smallest absolute Gasteiger partial charge is 0.358 e. The third kappa shape index (κ3) is 2.47. The first-order valence-corrected chi connectivity index (χ1v) is 6.34. The number of aryl methyl sites for hydroxylation is 1. The number of hydrogen-bond acceptors (Lipinski definition) is 1. The molecule has 0 atom stereocenters. The number of alkyl halides is 3. The molecule has 0 aliphatic heterocycles. The maximum absolute atomic E-state index is 12.9. The second-order valence-corrected chi connectivity index (χ2v) is 5.42. The summed E-state index contributed by atoms with van der Waals surface area (Å²) in [5, 5.41) is 0.603. The van der Waals surface area contributed by atoms with Gasteiger partial charge >= 0.3 is 6.18 Å². The molecule has 1 aromatic heterocycles. The normalized spacial score (nSPS) is 17.9. The van der Waals surface area contributed by atoms with Crippen molar-refractivity contribution in [2.75, 3.05) is 0 Å². The summed E-state index contributed by atoms with van der Waals surface area (Å²) >= 11 is 0. The topological polar surface area (TPSA) is 41.8 Å². The van der Waals surface area contributed by atoms with Crippen molar-refractivity contribution in [3.8, 4) is 0 Å². The summed E-state index contributed by atoms with van der Waals surface area (Å²) in [6, 6.07) is 6.03. The lowest BCUT2D eigenvalue weighted by molar-refractivity contribution is -0.136. The SMILES string of the molecule is NC1(CCc2cc3cccc(C(F)(F)F)c3[nH]2)CC1. The lowest BCUT2D eigenvalue weighted by atomic mass is 10.1. The molecular weight excluding hydrogens is 253 g/mol. The minimum Gasteiger partial charge on any atom is -0.358 e. The van der Waals surface area contributed by atoms with Crippen molar-refractivity contribution in [3.05, 3.63) is 35.5 Å². The molecule has 2 nitrogen and oxygen atoms in total. The van der Waals surface area contributed by atoms with Crippen LogP contribution >= 0.6 is 0 Å². The summed E-state index contributed by atoms with van der Waals surface area (Å²) in [5.74, 6) is 0. The molecule has 1 aromatic carbocycles. The molecule has 2 aromatic rings. The van der Waals surface area contributed by atoms with Crippen molar-refractivity contribution >= 4 is 10.9 Å². The molecule has 0 saturated heterocycles. The summed E-state index contributed by atoms with van der Waals surface area (Å²) in [6.07, 6.45) is -0.779. The molecule has 1 aliphatic carbocycles. The van der Waals surface area contributed by atoms with Crippen molar-refractivity contribution in [1.82, 2.24) is 4.98 Å². The number of para-hydroxylation sites is 1. The van der Waals surface area contributed by atoms with Gasteiger partial charge in [-0.15, -0.1) is 0 Å². The minimum absolute atomic E-state index is 0.0792. The largest absolute Gasteiger partial charge is 0.418 e. The highest BCUT2D eigenvalue weighted by atomic mass is 19.4. The number of aromatic amines is 1. The van der Waals surface area contributed by atoms with Gasteiger partial charge in [0.1, 0.15) is 0 Å². The van der Waals surface area contributed by atoms with Crippen LogP contribution in [-0.2, 0) is 12.6 Å². The maximum Gasteiger partial charge on any atom is 0.418 e. The quantitative estimate of drug-likeness (QED) is 0.877. The average molecular weight is 268 g/mol. The highest BCUT2D eigenvalue weighted by Gasteiger charge is 2.37. The molecule has 1 fully saturated rings. The molecule has 1 heterocycles.